The average molecular weight is 863 g/mol. The summed E-state index contributed by atoms with van der Waals surface area (Å²) in [7, 11) is 1.76. The third-order valence-corrected chi connectivity index (χ3v) is 12.3. The number of likely N-dealkylation sites (tertiary alicyclic amines) is 1. The van der Waals surface area contributed by atoms with Crippen molar-refractivity contribution >= 4 is 40.1 Å². The Kier molecular flexibility index (Phi) is 15.4. The molecule has 0 spiro atoms. The fourth-order valence-corrected chi connectivity index (χ4v) is 8.60. The number of carbonyl (C=O) groups is 3. The topological polar surface area (TPSA) is 152 Å². The van der Waals surface area contributed by atoms with Crippen LogP contribution in [-0.2, 0) is 22.4 Å². The summed E-state index contributed by atoms with van der Waals surface area (Å²) in [5.74, 6) is 0.349. The third kappa shape index (κ3) is 12.1. The predicted molar refractivity (Wildman–Crippen MR) is 253 cm³/mol. The molecule has 11 nitrogen and oxygen atoms in total. The van der Waals surface area contributed by atoms with Gasteiger partial charge < -0.3 is 29.7 Å². The summed E-state index contributed by atoms with van der Waals surface area (Å²) in [6.45, 7) is 4.25. The maximum Gasteiger partial charge on any atom is 0.411 e. The van der Waals surface area contributed by atoms with Crippen molar-refractivity contribution in [2.24, 2.45) is 5.92 Å². The summed E-state index contributed by atoms with van der Waals surface area (Å²) in [5.41, 5.74) is 7.11. The summed E-state index contributed by atoms with van der Waals surface area (Å²) in [6.07, 6.45) is 4.47. The van der Waals surface area contributed by atoms with Crippen molar-refractivity contribution in [2.45, 2.75) is 76.9 Å². The van der Waals surface area contributed by atoms with Gasteiger partial charge >= 0.3 is 6.09 Å². The minimum absolute atomic E-state index is 0.00879. The smallest absolute Gasteiger partial charge is 0.411 e. The largest absolute Gasteiger partial charge is 0.506 e. The van der Waals surface area contributed by atoms with Gasteiger partial charge in [-0.25, -0.2) is 4.79 Å². The van der Waals surface area contributed by atoms with Crippen molar-refractivity contribution in [3.8, 4) is 16.9 Å². The average Bonchev–Trinajstić information content (AvgIpc) is 3.31. The van der Waals surface area contributed by atoms with Crippen molar-refractivity contribution in [1.29, 1.82) is 0 Å². The van der Waals surface area contributed by atoms with Crippen LogP contribution in [0.3, 0.4) is 0 Å². The molecule has 1 aliphatic heterocycles. The summed E-state index contributed by atoms with van der Waals surface area (Å²) in [4.78, 5) is 57.4. The monoisotopic (exact) mass is 862 g/mol. The first-order valence-corrected chi connectivity index (χ1v) is 22.4. The standard InChI is InChI=1S/C53H58N4O7/c1-36(18-25-48(59)44-23-26-49(60)52-45(44)24-27-50(61)55-52)34-38-12-8-10-37(35-38)11-9-17-47(58)40-19-21-41(22-20-40)56(2)51(62)30-33-57-31-28-42(29-32-57)64-53(63)54-46-16-7-6-15-43(46)39-13-4-3-5-14-39/h3-8,10,12-16,19-24,26-27,35-36,42,48,59-60H,9,11,17-18,25,28-34H2,1-2H3,(H,54,63)(H,55,61)/t36-,48-/m0/s1. The lowest BCUT2D eigenvalue weighted by molar-refractivity contribution is -0.118. The van der Waals surface area contributed by atoms with Gasteiger partial charge in [-0.1, -0.05) is 85.8 Å². The number of amides is 2. The highest BCUT2D eigenvalue weighted by Crippen LogP contribution is 2.32. The van der Waals surface area contributed by atoms with E-state index in [1.807, 2.05) is 66.7 Å². The van der Waals surface area contributed by atoms with Gasteiger partial charge in [-0.15, -0.1) is 0 Å². The van der Waals surface area contributed by atoms with Crippen molar-refractivity contribution in [3.63, 3.8) is 0 Å². The second-order valence-electron chi connectivity index (χ2n) is 17.0. The second-order valence-corrected chi connectivity index (χ2v) is 17.0. The molecule has 4 N–H and O–H groups in total. The van der Waals surface area contributed by atoms with Gasteiger partial charge in [-0.3, -0.25) is 19.7 Å². The second kappa shape index (κ2) is 21.7. The van der Waals surface area contributed by atoms with Crippen molar-refractivity contribution in [2.75, 3.05) is 36.9 Å². The number of H-pyrrole nitrogens is 1. The van der Waals surface area contributed by atoms with Crippen molar-refractivity contribution in [1.82, 2.24) is 9.88 Å². The molecule has 11 heteroatoms. The first-order valence-electron chi connectivity index (χ1n) is 22.4. The first-order chi connectivity index (χ1) is 31.0. The number of ether oxygens (including phenoxy) is 1. The number of rotatable bonds is 18. The molecule has 2 amide bonds. The molecular formula is C53H58N4O7. The Morgan fingerprint density at radius 2 is 1.58 bits per heavy atom. The third-order valence-electron chi connectivity index (χ3n) is 12.3. The zero-order valence-corrected chi connectivity index (χ0v) is 36.7. The number of fused-ring (bicyclic) bond motifs is 1. The van der Waals surface area contributed by atoms with E-state index < -0.39 is 12.2 Å². The molecule has 2 atom stereocenters. The van der Waals surface area contributed by atoms with Crippen LogP contribution in [0.4, 0.5) is 16.2 Å². The number of para-hydroxylation sites is 1. The molecule has 64 heavy (non-hydrogen) atoms. The lowest BCUT2D eigenvalue weighted by Crippen LogP contribution is -2.40. The number of nitrogens with one attached hydrogen (secondary N) is 2. The number of aliphatic hydroxyl groups excluding tert-OH is 1. The molecule has 0 radical (unpaired) electrons. The van der Waals surface area contributed by atoms with Crippen LogP contribution in [0, 0.1) is 5.92 Å². The SMILES string of the molecule is C[C@@H](CC[C@H](O)c1ccc(O)c2[nH]c(=O)ccc12)Cc1cccc(CCCC(=O)c2ccc(N(C)C(=O)CCN3CCC(OC(=O)Nc4ccccc4-c4ccccc4)CC3)cc2)c1. The lowest BCUT2D eigenvalue weighted by atomic mass is 9.91. The van der Waals surface area contributed by atoms with E-state index >= 15 is 0 Å². The maximum absolute atomic E-state index is 13.2. The van der Waals surface area contributed by atoms with Gasteiger partial charge in [0.2, 0.25) is 11.5 Å². The van der Waals surface area contributed by atoms with Gasteiger partial charge in [0.05, 0.1) is 17.3 Å². The number of aromatic nitrogens is 1. The molecule has 7 rings (SSSR count). The molecule has 1 aliphatic rings. The van der Waals surface area contributed by atoms with E-state index in [0.717, 1.165) is 55.6 Å². The highest BCUT2D eigenvalue weighted by atomic mass is 16.6. The van der Waals surface area contributed by atoms with E-state index in [-0.39, 0.29) is 29.1 Å². The number of hydrogen-bond acceptors (Lipinski definition) is 8. The van der Waals surface area contributed by atoms with E-state index in [1.54, 1.807) is 36.2 Å². The van der Waals surface area contributed by atoms with Gasteiger partial charge in [0, 0.05) is 67.8 Å². The van der Waals surface area contributed by atoms with Gasteiger partial charge in [0.25, 0.3) is 0 Å². The first kappa shape index (κ1) is 45.5. The van der Waals surface area contributed by atoms with Crippen LogP contribution in [0.15, 0.2) is 132 Å². The fraction of sp³-hybridized carbons (Fsp3) is 0.321. The van der Waals surface area contributed by atoms with E-state index in [4.69, 9.17) is 4.74 Å². The molecule has 0 aliphatic carbocycles. The van der Waals surface area contributed by atoms with Gasteiger partial charge in [0.15, 0.2) is 5.78 Å². The van der Waals surface area contributed by atoms with Crippen LogP contribution < -0.4 is 15.8 Å². The van der Waals surface area contributed by atoms with E-state index in [1.165, 1.54) is 23.3 Å². The van der Waals surface area contributed by atoms with Crippen LogP contribution in [0.5, 0.6) is 5.75 Å². The van der Waals surface area contributed by atoms with Gasteiger partial charge in [-0.05, 0) is 116 Å². The van der Waals surface area contributed by atoms with Crippen LogP contribution in [0.2, 0.25) is 0 Å². The summed E-state index contributed by atoms with van der Waals surface area (Å²) >= 11 is 0. The number of piperidine rings is 1. The number of phenols is 1. The Bertz CT molecular complexity index is 2580. The number of ketones is 1. The minimum atomic E-state index is -0.730. The van der Waals surface area contributed by atoms with Crippen LogP contribution in [0.1, 0.15) is 85.0 Å². The molecule has 1 aromatic heterocycles. The molecule has 5 aromatic carbocycles. The zero-order chi connectivity index (χ0) is 45.0. The predicted octanol–water partition coefficient (Wildman–Crippen LogP) is 9.86. The van der Waals surface area contributed by atoms with Crippen molar-refractivity contribution in [3.05, 3.63) is 160 Å². The molecule has 1 fully saturated rings. The number of nitrogens with zero attached hydrogens (tertiary/aromatic N) is 2. The van der Waals surface area contributed by atoms with Crippen LogP contribution >= 0.6 is 0 Å². The molecule has 0 unspecified atom stereocenters. The molecule has 332 valence electrons. The Balaban J connectivity index is 0.791. The number of benzene rings is 5. The summed E-state index contributed by atoms with van der Waals surface area (Å²) in [6, 6.07) is 39.6. The highest BCUT2D eigenvalue weighted by molar-refractivity contribution is 5.98. The molecule has 2 heterocycles. The highest BCUT2D eigenvalue weighted by Gasteiger charge is 2.24. The number of hydrogen-bond donors (Lipinski definition) is 4. The number of anilines is 2. The van der Waals surface area contributed by atoms with Gasteiger partial charge in [-0.2, -0.15) is 0 Å². The molecular weight excluding hydrogens is 805 g/mol. The Labute approximate surface area is 374 Å². The summed E-state index contributed by atoms with van der Waals surface area (Å²) in [5, 5.41) is 24.8. The minimum Gasteiger partial charge on any atom is -0.506 e. The Morgan fingerprint density at radius 3 is 2.36 bits per heavy atom. The molecule has 0 saturated carbocycles. The van der Waals surface area contributed by atoms with Gasteiger partial charge in [0.1, 0.15) is 11.9 Å². The number of aliphatic hydroxyl groups is 1. The maximum atomic E-state index is 13.2. The number of carbonyl (C=O) groups excluding carboxylic acids is 3. The fourth-order valence-electron chi connectivity index (χ4n) is 8.60. The van der Waals surface area contributed by atoms with E-state index in [0.29, 0.717) is 72.3 Å². The quantitative estimate of drug-likeness (QED) is 0.0624. The zero-order valence-electron chi connectivity index (χ0n) is 36.7. The number of Topliss-reactive ketones (excluding diaryl/α,β-unsaturated/α-hetero) is 1. The lowest BCUT2D eigenvalue weighted by Gasteiger charge is -2.31. The number of pyridine rings is 1. The molecule has 0 bridgehead atoms. The van der Waals surface area contributed by atoms with E-state index in [2.05, 4.69) is 46.4 Å². The molecule has 1 saturated heterocycles. The van der Waals surface area contributed by atoms with Crippen LogP contribution in [-0.4, -0.2) is 70.7 Å². The summed E-state index contributed by atoms with van der Waals surface area (Å²) < 4.78 is 5.78. The van der Waals surface area contributed by atoms with Crippen LogP contribution in [0.25, 0.3) is 22.0 Å². The van der Waals surface area contributed by atoms with Crippen molar-refractivity contribution < 1.29 is 29.3 Å². The Hall–Kier alpha value is -6.56. The Morgan fingerprint density at radius 1 is 0.844 bits per heavy atom. The number of aromatic amines is 1. The number of aromatic hydroxyl groups is 1. The number of aryl methyl sites for hydroxylation is 1. The normalized spacial score (nSPS) is 14.2. The van der Waals surface area contributed by atoms with E-state index in [9.17, 15) is 29.4 Å². The molecule has 6 aromatic rings. The number of phenolic OH excluding ortho intramolecular Hbond substituents is 1.